The number of ether oxygens (including phenoxy) is 1. The summed E-state index contributed by atoms with van der Waals surface area (Å²) < 4.78 is 78.8. The van der Waals surface area contributed by atoms with Gasteiger partial charge in [-0.05, 0) is 47.2 Å². The quantitative estimate of drug-likeness (QED) is 0.1000. The molecular weight excluding hydrogens is 543 g/mol. The summed E-state index contributed by atoms with van der Waals surface area (Å²) in [5, 5.41) is 0. The first kappa shape index (κ1) is 33.6. The molecular formula is C36H45F5O. The van der Waals surface area contributed by atoms with Crippen LogP contribution >= 0.6 is 0 Å². The van der Waals surface area contributed by atoms with E-state index < -0.39 is 29.8 Å². The molecule has 0 atom stereocenters. The van der Waals surface area contributed by atoms with Gasteiger partial charge in [0.05, 0.1) is 6.61 Å². The van der Waals surface area contributed by atoms with E-state index in [4.69, 9.17) is 4.74 Å². The van der Waals surface area contributed by atoms with Gasteiger partial charge in [0.25, 0.3) is 5.92 Å². The Morgan fingerprint density at radius 2 is 1.17 bits per heavy atom. The van der Waals surface area contributed by atoms with Crippen LogP contribution in [0.1, 0.15) is 103 Å². The first-order valence-electron chi connectivity index (χ1n) is 15.6. The Kier molecular flexibility index (Phi) is 13.8. The third-order valence-electron chi connectivity index (χ3n) is 7.72. The van der Waals surface area contributed by atoms with Crippen molar-refractivity contribution in [2.24, 2.45) is 0 Å². The number of hydrogen-bond acceptors (Lipinski definition) is 1. The van der Waals surface area contributed by atoms with E-state index in [1.165, 1.54) is 56.7 Å². The van der Waals surface area contributed by atoms with Crippen LogP contribution in [0.3, 0.4) is 0 Å². The molecule has 0 aromatic heterocycles. The lowest BCUT2D eigenvalue weighted by atomic mass is 9.96. The van der Waals surface area contributed by atoms with E-state index in [2.05, 4.69) is 6.92 Å². The topological polar surface area (TPSA) is 9.23 Å². The predicted octanol–water partition coefficient (Wildman–Crippen LogP) is 12.1. The Morgan fingerprint density at radius 1 is 0.595 bits per heavy atom. The minimum Gasteiger partial charge on any atom is -0.491 e. The van der Waals surface area contributed by atoms with Gasteiger partial charge in [-0.3, -0.25) is 0 Å². The van der Waals surface area contributed by atoms with Crippen molar-refractivity contribution in [1.29, 1.82) is 0 Å². The molecule has 0 amide bonds. The van der Waals surface area contributed by atoms with Gasteiger partial charge in [-0.25, -0.2) is 22.0 Å². The zero-order valence-electron chi connectivity index (χ0n) is 25.1. The second-order valence-corrected chi connectivity index (χ2v) is 11.3. The van der Waals surface area contributed by atoms with E-state index in [0.29, 0.717) is 36.1 Å². The van der Waals surface area contributed by atoms with Crippen molar-refractivity contribution in [3.63, 3.8) is 0 Å². The molecule has 3 aromatic rings. The molecule has 0 aliphatic rings. The van der Waals surface area contributed by atoms with Crippen molar-refractivity contribution in [2.75, 3.05) is 6.61 Å². The molecule has 3 rings (SSSR count). The molecule has 0 spiro atoms. The minimum absolute atomic E-state index is 0.00931. The Bertz CT molecular complexity index is 1220. The first-order chi connectivity index (χ1) is 20.3. The Balaban J connectivity index is 1.57. The molecule has 0 aliphatic carbocycles. The van der Waals surface area contributed by atoms with Crippen molar-refractivity contribution in [3.05, 3.63) is 77.6 Å². The second-order valence-electron chi connectivity index (χ2n) is 11.3. The van der Waals surface area contributed by atoms with Gasteiger partial charge >= 0.3 is 0 Å². The molecule has 0 unspecified atom stereocenters. The number of halogens is 5. The molecule has 0 heterocycles. The summed E-state index contributed by atoms with van der Waals surface area (Å²) in [6.07, 6.45) is 11.1. The Morgan fingerprint density at radius 3 is 1.81 bits per heavy atom. The molecule has 0 saturated carbocycles. The molecule has 0 saturated heterocycles. The molecule has 42 heavy (non-hydrogen) atoms. The fourth-order valence-electron chi connectivity index (χ4n) is 5.18. The maximum atomic E-state index is 14.9. The van der Waals surface area contributed by atoms with Crippen LogP contribution < -0.4 is 4.74 Å². The van der Waals surface area contributed by atoms with Crippen molar-refractivity contribution in [3.8, 4) is 28.0 Å². The van der Waals surface area contributed by atoms with Gasteiger partial charge in [-0.2, -0.15) is 0 Å². The van der Waals surface area contributed by atoms with Crippen molar-refractivity contribution in [1.82, 2.24) is 0 Å². The summed E-state index contributed by atoms with van der Waals surface area (Å²) in [6, 6.07) is 14.0. The average Bonchev–Trinajstić information content (AvgIpc) is 2.98. The van der Waals surface area contributed by atoms with Gasteiger partial charge in [0.1, 0.15) is 0 Å². The number of benzene rings is 3. The lowest BCUT2D eigenvalue weighted by Gasteiger charge is -2.17. The molecule has 0 radical (unpaired) electrons. The highest BCUT2D eigenvalue weighted by molar-refractivity contribution is 5.71. The molecule has 0 fully saturated rings. The number of unbranched alkanes of at least 4 members (excludes halogenated alkanes) is 10. The molecule has 0 N–H and O–H groups in total. The van der Waals surface area contributed by atoms with Crippen LogP contribution in [0.5, 0.6) is 5.75 Å². The van der Waals surface area contributed by atoms with Crippen molar-refractivity contribution >= 4 is 0 Å². The standard InChI is InChI=1S/C36H45F5O/c1-3-5-7-9-10-11-12-14-24-42-33-22-20-29(25-32(33)37)27-15-17-28(18-16-27)31-21-19-30(34(38)35(31)39)26-36(40,41)23-13-8-6-4-2/h15-22,25H,3-14,23-24,26H2,1-2H3. The summed E-state index contributed by atoms with van der Waals surface area (Å²) in [7, 11) is 0. The molecule has 230 valence electrons. The van der Waals surface area contributed by atoms with E-state index in [0.717, 1.165) is 25.7 Å². The maximum Gasteiger partial charge on any atom is 0.252 e. The van der Waals surface area contributed by atoms with Crippen LogP contribution in [-0.4, -0.2) is 12.5 Å². The number of hydrogen-bond donors (Lipinski definition) is 0. The van der Waals surface area contributed by atoms with Gasteiger partial charge in [0.15, 0.2) is 23.2 Å². The van der Waals surface area contributed by atoms with Gasteiger partial charge < -0.3 is 4.74 Å². The zero-order valence-corrected chi connectivity index (χ0v) is 25.1. The monoisotopic (exact) mass is 588 g/mol. The Hall–Kier alpha value is -2.89. The van der Waals surface area contributed by atoms with Gasteiger partial charge in [-0.15, -0.1) is 0 Å². The van der Waals surface area contributed by atoms with Crippen LogP contribution in [0.2, 0.25) is 0 Å². The van der Waals surface area contributed by atoms with Crippen LogP contribution in [-0.2, 0) is 6.42 Å². The van der Waals surface area contributed by atoms with Crippen molar-refractivity contribution < 1.29 is 26.7 Å². The van der Waals surface area contributed by atoms with Crippen LogP contribution in [0.25, 0.3) is 22.3 Å². The summed E-state index contributed by atoms with van der Waals surface area (Å²) in [5.74, 6) is -5.72. The molecule has 3 aromatic carbocycles. The fraction of sp³-hybridized carbons (Fsp3) is 0.500. The predicted molar refractivity (Wildman–Crippen MR) is 163 cm³/mol. The van der Waals surface area contributed by atoms with Crippen LogP contribution in [0.4, 0.5) is 22.0 Å². The highest BCUT2D eigenvalue weighted by Crippen LogP contribution is 2.33. The normalized spacial score (nSPS) is 11.7. The first-order valence-corrected chi connectivity index (χ1v) is 15.6. The van der Waals surface area contributed by atoms with Crippen LogP contribution in [0.15, 0.2) is 54.6 Å². The SMILES string of the molecule is CCCCCCCCCCOc1ccc(-c2ccc(-c3ccc(CC(F)(F)CCCCCC)c(F)c3F)cc2)cc1F. The van der Waals surface area contributed by atoms with Gasteiger partial charge in [0, 0.05) is 18.4 Å². The smallest absolute Gasteiger partial charge is 0.252 e. The summed E-state index contributed by atoms with van der Waals surface area (Å²) in [5.41, 5.74) is 1.39. The summed E-state index contributed by atoms with van der Waals surface area (Å²) in [6.45, 7) is 4.67. The minimum atomic E-state index is -3.09. The van der Waals surface area contributed by atoms with Crippen LogP contribution in [0, 0.1) is 17.5 Å². The molecule has 6 heteroatoms. The average molecular weight is 589 g/mol. The third-order valence-corrected chi connectivity index (χ3v) is 7.72. The number of alkyl halides is 2. The van der Waals surface area contributed by atoms with E-state index >= 15 is 0 Å². The lowest BCUT2D eigenvalue weighted by Crippen LogP contribution is -2.20. The van der Waals surface area contributed by atoms with E-state index in [1.807, 2.05) is 6.92 Å². The highest BCUT2D eigenvalue weighted by atomic mass is 19.3. The summed E-state index contributed by atoms with van der Waals surface area (Å²) in [4.78, 5) is 0. The highest BCUT2D eigenvalue weighted by Gasteiger charge is 2.31. The van der Waals surface area contributed by atoms with Gasteiger partial charge in [-0.1, -0.05) is 121 Å². The zero-order chi connectivity index (χ0) is 30.4. The molecule has 1 nitrogen and oxygen atoms in total. The van der Waals surface area contributed by atoms with E-state index in [1.54, 1.807) is 36.4 Å². The van der Waals surface area contributed by atoms with E-state index in [-0.39, 0.29) is 23.3 Å². The largest absolute Gasteiger partial charge is 0.491 e. The fourth-order valence-corrected chi connectivity index (χ4v) is 5.18. The second kappa shape index (κ2) is 17.3. The maximum absolute atomic E-state index is 14.9. The third kappa shape index (κ3) is 10.4. The van der Waals surface area contributed by atoms with E-state index in [9.17, 15) is 22.0 Å². The molecule has 0 aliphatic heterocycles. The molecule has 0 bridgehead atoms. The van der Waals surface area contributed by atoms with Crippen molar-refractivity contribution in [2.45, 2.75) is 110 Å². The van der Waals surface area contributed by atoms with Gasteiger partial charge in [0.2, 0.25) is 0 Å². The number of rotatable bonds is 19. The Labute approximate surface area is 248 Å². The summed E-state index contributed by atoms with van der Waals surface area (Å²) >= 11 is 0. The lowest BCUT2D eigenvalue weighted by molar-refractivity contribution is -0.0103.